The maximum Gasteiger partial charge on any atom is 0.289 e. The molecule has 1 unspecified atom stereocenters. The third kappa shape index (κ3) is 3.30. The van der Waals surface area contributed by atoms with E-state index in [4.69, 9.17) is 5.73 Å². The van der Waals surface area contributed by atoms with Crippen LogP contribution in [0.2, 0.25) is 0 Å². The van der Waals surface area contributed by atoms with Crippen molar-refractivity contribution >= 4 is 11.7 Å². The number of Topliss-reactive ketones (excluding diaryl/α,β-unsaturated/α-hetero) is 1. The third-order valence-corrected chi connectivity index (χ3v) is 2.25. The fourth-order valence-electron chi connectivity index (χ4n) is 1.24. The van der Waals surface area contributed by atoms with Crippen molar-refractivity contribution in [2.75, 3.05) is 6.54 Å². The van der Waals surface area contributed by atoms with E-state index in [-0.39, 0.29) is 0 Å². The molecule has 0 bridgehead atoms. The highest BCUT2D eigenvalue weighted by Crippen LogP contribution is 2.33. The summed E-state index contributed by atoms with van der Waals surface area (Å²) in [7, 11) is 0. The van der Waals surface area contributed by atoms with Crippen LogP contribution in [0.4, 0.5) is 0 Å². The lowest BCUT2D eigenvalue weighted by Crippen LogP contribution is -2.42. The van der Waals surface area contributed by atoms with E-state index in [0.717, 1.165) is 12.8 Å². The molecule has 78 valence electrons. The van der Waals surface area contributed by atoms with Gasteiger partial charge in [-0.3, -0.25) is 9.59 Å². The Morgan fingerprint density at radius 3 is 2.71 bits per heavy atom. The van der Waals surface area contributed by atoms with E-state index in [2.05, 4.69) is 11.9 Å². The Labute approximate surface area is 83.5 Å². The molecule has 0 spiro atoms. The van der Waals surface area contributed by atoms with Crippen LogP contribution in [0.25, 0.3) is 0 Å². The minimum atomic E-state index is -0.632. The molecule has 1 aliphatic carbocycles. The maximum absolute atomic E-state index is 11.3. The second-order valence-electron chi connectivity index (χ2n) is 3.65. The van der Waals surface area contributed by atoms with Crippen LogP contribution in [0.15, 0.2) is 12.7 Å². The molecular formula is C10H16N2O2. The Kier molecular flexibility index (Phi) is 3.83. The standard InChI is InChI=1S/C10H16N2O2/c1-2-5-12-10(14)9(13)8(11)6-7-3-4-7/h2,7-8H,1,3-6,11H2,(H,12,14). The lowest BCUT2D eigenvalue weighted by molar-refractivity contribution is -0.138. The first-order valence-corrected chi connectivity index (χ1v) is 4.83. The van der Waals surface area contributed by atoms with Crippen LogP contribution < -0.4 is 11.1 Å². The molecule has 1 amide bonds. The van der Waals surface area contributed by atoms with Crippen LogP contribution in [0.5, 0.6) is 0 Å². The van der Waals surface area contributed by atoms with Crippen LogP contribution >= 0.6 is 0 Å². The first-order valence-electron chi connectivity index (χ1n) is 4.83. The Balaban J connectivity index is 2.29. The lowest BCUT2D eigenvalue weighted by Gasteiger charge is -2.08. The Bertz CT molecular complexity index is 247. The molecule has 0 radical (unpaired) electrons. The third-order valence-electron chi connectivity index (χ3n) is 2.25. The number of nitrogens with one attached hydrogen (secondary N) is 1. The predicted octanol–water partition coefficient (Wildman–Crippen LogP) is -0.0149. The van der Waals surface area contributed by atoms with E-state index in [1.165, 1.54) is 6.08 Å². The largest absolute Gasteiger partial charge is 0.346 e. The average Bonchev–Trinajstić information content (AvgIpc) is 2.96. The quantitative estimate of drug-likeness (QED) is 0.463. The van der Waals surface area contributed by atoms with Crippen molar-refractivity contribution in [3.05, 3.63) is 12.7 Å². The summed E-state index contributed by atoms with van der Waals surface area (Å²) < 4.78 is 0. The second-order valence-corrected chi connectivity index (χ2v) is 3.65. The number of carbonyl (C=O) groups excluding carboxylic acids is 2. The van der Waals surface area contributed by atoms with Gasteiger partial charge < -0.3 is 11.1 Å². The van der Waals surface area contributed by atoms with Crippen molar-refractivity contribution in [1.82, 2.24) is 5.32 Å². The monoisotopic (exact) mass is 196 g/mol. The van der Waals surface area contributed by atoms with Crippen molar-refractivity contribution in [3.63, 3.8) is 0 Å². The summed E-state index contributed by atoms with van der Waals surface area (Å²) in [5, 5.41) is 2.42. The second kappa shape index (κ2) is 4.91. The first-order chi connectivity index (χ1) is 6.65. The number of hydrogen-bond acceptors (Lipinski definition) is 3. The number of nitrogens with two attached hydrogens (primary N) is 1. The van der Waals surface area contributed by atoms with E-state index in [9.17, 15) is 9.59 Å². The molecule has 3 N–H and O–H groups in total. The van der Waals surface area contributed by atoms with Gasteiger partial charge in [-0.1, -0.05) is 18.9 Å². The molecule has 0 aromatic rings. The van der Waals surface area contributed by atoms with Crippen LogP contribution in [0.3, 0.4) is 0 Å². The highest BCUT2D eigenvalue weighted by atomic mass is 16.2. The SMILES string of the molecule is C=CCNC(=O)C(=O)C(N)CC1CC1. The fraction of sp³-hybridized carbons (Fsp3) is 0.600. The highest BCUT2D eigenvalue weighted by molar-refractivity contribution is 6.38. The molecule has 4 nitrogen and oxygen atoms in total. The number of rotatable bonds is 6. The zero-order valence-electron chi connectivity index (χ0n) is 8.16. The summed E-state index contributed by atoms with van der Waals surface area (Å²) in [6.07, 6.45) is 4.43. The molecule has 4 heteroatoms. The van der Waals surface area contributed by atoms with Crippen molar-refractivity contribution in [3.8, 4) is 0 Å². The maximum atomic E-state index is 11.3. The topological polar surface area (TPSA) is 72.2 Å². The van der Waals surface area contributed by atoms with E-state index < -0.39 is 17.7 Å². The van der Waals surface area contributed by atoms with Gasteiger partial charge >= 0.3 is 0 Å². The summed E-state index contributed by atoms with van der Waals surface area (Å²) in [4.78, 5) is 22.5. The molecule has 14 heavy (non-hydrogen) atoms. The zero-order valence-corrected chi connectivity index (χ0v) is 8.16. The van der Waals surface area contributed by atoms with Crippen LogP contribution in [0, 0.1) is 5.92 Å². The highest BCUT2D eigenvalue weighted by Gasteiger charge is 2.29. The summed E-state index contributed by atoms with van der Waals surface area (Å²) in [5.41, 5.74) is 5.59. The number of carbonyl (C=O) groups is 2. The minimum Gasteiger partial charge on any atom is -0.346 e. The van der Waals surface area contributed by atoms with Gasteiger partial charge in [0.05, 0.1) is 6.04 Å². The molecular weight excluding hydrogens is 180 g/mol. The smallest absolute Gasteiger partial charge is 0.289 e. The van der Waals surface area contributed by atoms with E-state index >= 15 is 0 Å². The van der Waals surface area contributed by atoms with E-state index in [1.807, 2.05) is 0 Å². The molecule has 0 heterocycles. The van der Waals surface area contributed by atoms with Crippen molar-refractivity contribution in [1.29, 1.82) is 0 Å². The van der Waals surface area contributed by atoms with Crippen molar-refractivity contribution in [2.24, 2.45) is 11.7 Å². The number of hydrogen-bond donors (Lipinski definition) is 2. The summed E-state index contributed by atoms with van der Waals surface area (Å²) >= 11 is 0. The van der Waals surface area contributed by atoms with Gasteiger partial charge in [0.1, 0.15) is 0 Å². The first kappa shape index (κ1) is 10.9. The number of ketones is 1. The van der Waals surface area contributed by atoms with Crippen molar-refractivity contribution in [2.45, 2.75) is 25.3 Å². The number of amides is 1. The van der Waals surface area contributed by atoms with E-state index in [0.29, 0.717) is 18.9 Å². The van der Waals surface area contributed by atoms with Gasteiger partial charge in [0, 0.05) is 6.54 Å². The van der Waals surface area contributed by atoms with Crippen molar-refractivity contribution < 1.29 is 9.59 Å². The molecule has 1 saturated carbocycles. The van der Waals surface area contributed by atoms with Gasteiger partial charge in [0.2, 0.25) is 5.78 Å². The molecule has 1 rings (SSSR count). The van der Waals surface area contributed by atoms with Gasteiger partial charge in [-0.25, -0.2) is 0 Å². The van der Waals surface area contributed by atoms with Crippen LogP contribution in [-0.4, -0.2) is 24.3 Å². The molecule has 0 aliphatic heterocycles. The summed E-state index contributed by atoms with van der Waals surface area (Å²) in [6, 6.07) is -0.632. The molecule has 1 fully saturated rings. The van der Waals surface area contributed by atoms with E-state index in [1.54, 1.807) is 0 Å². The van der Waals surface area contributed by atoms with Gasteiger partial charge in [-0.05, 0) is 12.3 Å². The molecule has 0 aromatic heterocycles. The molecule has 0 saturated heterocycles. The Hall–Kier alpha value is -1.16. The Morgan fingerprint density at radius 1 is 1.57 bits per heavy atom. The van der Waals surface area contributed by atoms with Gasteiger partial charge in [0.25, 0.3) is 5.91 Å². The normalized spacial score (nSPS) is 17.2. The fourth-order valence-corrected chi connectivity index (χ4v) is 1.24. The molecule has 1 atom stereocenters. The predicted molar refractivity (Wildman–Crippen MR) is 53.5 cm³/mol. The molecule has 1 aliphatic rings. The summed E-state index contributed by atoms with van der Waals surface area (Å²) in [6.45, 7) is 3.74. The van der Waals surface area contributed by atoms with Gasteiger partial charge in [0.15, 0.2) is 0 Å². The average molecular weight is 196 g/mol. The van der Waals surface area contributed by atoms with Gasteiger partial charge in [-0.2, -0.15) is 0 Å². The van der Waals surface area contributed by atoms with Crippen LogP contribution in [0.1, 0.15) is 19.3 Å². The zero-order chi connectivity index (χ0) is 10.6. The summed E-state index contributed by atoms with van der Waals surface area (Å²) in [5.74, 6) is -0.557. The lowest BCUT2D eigenvalue weighted by atomic mass is 10.1. The minimum absolute atomic E-state index is 0.306. The Morgan fingerprint density at radius 2 is 2.21 bits per heavy atom. The van der Waals surface area contributed by atoms with Gasteiger partial charge in [-0.15, -0.1) is 6.58 Å². The molecule has 0 aromatic carbocycles. The van der Waals surface area contributed by atoms with Crippen LogP contribution in [-0.2, 0) is 9.59 Å².